The summed E-state index contributed by atoms with van der Waals surface area (Å²) in [6.07, 6.45) is 6.49. The van der Waals surface area contributed by atoms with Gasteiger partial charge >= 0.3 is 0 Å². The Hall–Kier alpha value is -0.610. The first-order chi connectivity index (χ1) is 7.59. The van der Waals surface area contributed by atoms with Crippen LogP contribution in [0.3, 0.4) is 0 Å². The Bertz CT molecular complexity index is 220. The van der Waals surface area contributed by atoms with Crippen LogP contribution in [-0.4, -0.2) is 34.9 Å². The van der Waals surface area contributed by atoms with Gasteiger partial charge in [-0.3, -0.25) is 4.79 Å². The molecule has 0 atom stereocenters. The number of aliphatic hydroxyl groups is 2. The van der Waals surface area contributed by atoms with Crippen molar-refractivity contribution in [2.45, 2.75) is 51.0 Å². The zero-order chi connectivity index (χ0) is 12.0. The fourth-order valence-electron chi connectivity index (χ4n) is 2.17. The Morgan fingerprint density at radius 2 is 1.81 bits per heavy atom. The van der Waals surface area contributed by atoms with Crippen LogP contribution in [0.1, 0.15) is 45.4 Å². The summed E-state index contributed by atoms with van der Waals surface area (Å²) in [6.45, 7) is 1.17. The maximum atomic E-state index is 11.7. The number of amides is 1. The van der Waals surface area contributed by atoms with Crippen LogP contribution < -0.4 is 5.32 Å². The highest BCUT2D eigenvalue weighted by Crippen LogP contribution is 2.26. The van der Waals surface area contributed by atoms with E-state index in [1.165, 1.54) is 19.3 Å². The van der Waals surface area contributed by atoms with E-state index in [4.69, 9.17) is 10.2 Å². The highest BCUT2D eigenvalue weighted by atomic mass is 16.3. The summed E-state index contributed by atoms with van der Waals surface area (Å²) in [4.78, 5) is 11.7. The maximum Gasteiger partial charge on any atom is 0.220 e. The third-order valence-corrected chi connectivity index (χ3v) is 3.34. The lowest BCUT2D eigenvalue weighted by molar-refractivity contribution is -0.125. The molecule has 1 aliphatic carbocycles. The maximum absolute atomic E-state index is 11.7. The van der Waals surface area contributed by atoms with Crippen LogP contribution >= 0.6 is 0 Å². The van der Waals surface area contributed by atoms with Gasteiger partial charge in [-0.25, -0.2) is 0 Å². The number of nitrogens with one attached hydrogen (secondary N) is 1. The van der Waals surface area contributed by atoms with Gasteiger partial charge in [0.2, 0.25) is 5.91 Å². The van der Waals surface area contributed by atoms with Gasteiger partial charge in [0.15, 0.2) is 0 Å². The molecule has 0 spiro atoms. The molecule has 1 fully saturated rings. The lowest BCUT2D eigenvalue weighted by Gasteiger charge is -2.28. The second kappa shape index (κ2) is 6.21. The van der Waals surface area contributed by atoms with Gasteiger partial charge in [0.1, 0.15) is 0 Å². The van der Waals surface area contributed by atoms with Gasteiger partial charge in [-0.1, -0.05) is 19.3 Å². The first-order valence-electron chi connectivity index (χ1n) is 6.12. The van der Waals surface area contributed by atoms with Gasteiger partial charge in [0, 0.05) is 6.42 Å². The van der Waals surface area contributed by atoms with E-state index in [0.717, 1.165) is 12.8 Å². The second-order valence-corrected chi connectivity index (χ2v) is 5.13. The topological polar surface area (TPSA) is 69.6 Å². The molecule has 0 aliphatic heterocycles. The number of hydrogen-bond acceptors (Lipinski definition) is 3. The highest BCUT2D eigenvalue weighted by molar-refractivity contribution is 5.77. The SMILES string of the molecule is CC(CO)(CO)NC(=O)CC1CCCCC1. The molecule has 0 heterocycles. The van der Waals surface area contributed by atoms with Crippen molar-refractivity contribution in [1.82, 2.24) is 5.32 Å². The molecule has 0 saturated heterocycles. The van der Waals surface area contributed by atoms with E-state index >= 15 is 0 Å². The molecule has 3 N–H and O–H groups in total. The summed E-state index contributed by atoms with van der Waals surface area (Å²) < 4.78 is 0. The molecule has 1 amide bonds. The van der Waals surface area contributed by atoms with Crippen LogP contribution in [-0.2, 0) is 4.79 Å². The van der Waals surface area contributed by atoms with E-state index in [9.17, 15) is 4.79 Å². The van der Waals surface area contributed by atoms with Gasteiger partial charge in [0.25, 0.3) is 0 Å². The quantitative estimate of drug-likeness (QED) is 0.653. The Labute approximate surface area is 97.0 Å². The van der Waals surface area contributed by atoms with E-state index in [0.29, 0.717) is 12.3 Å². The second-order valence-electron chi connectivity index (χ2n) is 5.13. The minimum Gasteiger partial charge on any atom is -0.394 e. The predicted octanol–water partition coefficient (Wildman–Crippen LogP) is 0.816. The molecule has 0 unspecified atom stereocenters. The number of hydrogen-bond donors (Lipinski definition) is 3. The number of aliphatic hydroxyl groups excluding tert-OH is 2. The monoisotopic (exact) mass is 229 g/mol. The number of carbonyl (C=O) groups excluding carboxylic acids is 1. The van der Waals surface area contributed by atoms with E-state index in [1.54, 1.807) is 6.92 Å². The molecule has 0 aromatic carbocycles. The summed E-state index contributed by atoms with van der Waals surface area (Å²) >= 11 is 0. The average molecular weight is 229 g/mol. The van der Waals surface area contributed by atoms with Crippen LogP contribution in [0.25, 0.3) is 0 Å². The van der Waals surface area contributed by atoms with Crippen molar-refractivity contribution in [3.8, 4) is 0 Å². The molecule has 0 aromatic heterocycles. The van der Waals surface area contributed by atoms with E-state index in [-0.39, 0.29) is 19.1 Å². The van der Waals surface area contributed by atoms with Crippen molar-refractivity contribution in [2.75, 3.05) is 13.2 Å². The molecule has 0 bridgehead atoms. The molecule has 4 heteroatoms. The van der Waals surface area contributed by atoms with Crippen molar-refractivity contribution >= 4 is 5.91 Å². The molecule has 94 valence electrons. The largest absolute Gasteiger partial charge is 0.394 e. The van der Waals surface area contributed by atoms with E-state index in [1.807, 2.05) is 0 Å². The zero-order valence-electron chi connectivity index (χ0n) is 10.0. The van der Waals surface area contributed by atoms with Crippen LogP contribution in [0.2, 0.25) is 0 Å². The first kappa shape index (κ1) is 13.5. The van der Waals surface area contributed by atoms with E-state index in [2.05, 4.69) is 5.32 Å². The highest BCUT2D eigenvalue weighted by Gasteiger charge is 2.26. The lowest BCUT2D eigenvalue weighted by Crippen LogP contribution is -2.52. The fourth-order valence-corrected chi connectivity index (χ4v) is 2.17. The van der Waals surface area contributed by atoms with Crippen molar-refractivity contribution in [3.63, 3.8) is 0 Å². The summed E-state index contributed by atoms with van der Waals surface area (Å²) in [7, 11) is 0. The van der Waals surface area contributed by atoms with Crippen molar-refractivity contribution < 1.29 is 15.0 Å². The summed E-state index contributed by atoms with van der Waals surface area (Å²) in [5, 5.41) is 20.8. The normalized spacial score (nSPS) is 18.4. The standard InChI is InChI=1S/C12H23NO3/c1-12(8-14,9-15)13-11(16)7-10-5-3-2-4-6-10/h10,14-15H,2-9H2,1H3,(H,13,16). The van der Waals surface area contributed by atoms with Crippen molar-refractivity contribution in [2.24, 2.45) is 5.92 Å². The van der Waals surface area contributed by atoms with Crippen molar-refractivity contribution in [1.29, 1.82) is 0 Å². The molecule has 4 nitrogen and oxygen atoms in total. The Morgan fingerprint density at radius 3 is 2.31 bits per heavy atom. The summed E-state index contributed by atoms with van der Waals surface area (Å²) in [5.41, 5.74) is -0.883. The van der Waals surface area contributed by atoms with Gasteiger partial charge in [0.05, 0.1) is 18.8 Å². The molecule has 0 aromatic rings. The van der Waals surface area contributed by atoms with Gasteiger partial charge in [-0.15, -0.1) is 0 Å². The molecule has 16 heavy (non-hydrogen) atoms. The summed E-state index contributed by atoms with van der Waals surface area (Å²) in [6, 6.07) is 0. The number of carbonyl (C=O) groups is 1. The third-order valence-electron chi connectivity index (χ3n) is 3.34. The molecule has 1 rings (SSSR count). The van der Waals surface area contributed by atoms with Crippen LogP contribution in [0.5, 0.6) is 0 Å². The van der Waals surface area contributed by atoms with Crippen molar-refractivity contribution in [3.05, 3.63) is 0 Å². The molecule has 1 saturated carbocycles. The first-order valence-corrected chi connectivity index (χ1v) is 6.12. The molecular formula is C12H23NO3. The number of rotatable bonds is 5. The van der Waals surface area contributed by atoms with Gasteiger partial charge in [-0.05, 0) is 25.7 Å². The molecule has 1 aliphatic rings. The summed E-state index contributed by atoms with van der Waals surface area (Å²) in [5.74, 6) is 0.424. The predicted molar refractivity (Wildman–Crippen MR) is 61.9 cm³/mol. The molecule has 0 radical (unpaired) electrons. The Kier molecular flexibility index (Phi) is 5.22. The average Bonchev–Trinajstić information content (AvgIpc) is 2.30. The van der Waals surface area contributed by atoms with E-state index < -0.39 is 5.54 Å². The van der Waals surface area contributed by atoms with Gasteiger partial charge < -0.3 is 15.5 Å². The smallest absolute Gasteiger partial charge is 0.220 e. The lowest BCUT2D eigenvalue weighted by atomic mass is 9.86. The van der Waals surface area contributed by atoms with Crippen LogP contribution in [0.15, 0.2) is 0 Å². The van der Waals surface area contributed by atoms with Crippen LogP contribution in [0, 0.1) is 5.92 Å². The Morgan fingerprint density at radius 1 is 1.25 bits per heavy atom. The Balaban J connectivity index is 2.34. The van der Waals surface area contributed by atoms with Crippen LogP contribution in [0.4, 0.5) is 0 Å². The van der Waals surface area contributed by atoms with Gasteiger partial charge in [-0.2, -0.15) is 0 Å². The molecular weight excluding hydrogens is 206 g/mol. The minimum atomic E-state index is -0.883. The third kappa shape index (κ3) is 4.10. The zero-order valence-corrected chi connectivity index (χ0v) is 10.0. The fraction of sp³-hybridized carbons (Fsp3) is 0.917. The minimum absolute atomic E-state index is 0.0579.